The predicted octanol–water partition coefficient (Wildman–Crippen LogP) is 4.22. The lowest BCUT2D eigenvalue weighted by Gasteiger charge is -2.14. The highest BCUT2D eigenvalue weighted by atomic mass is 35.5. The Morgan fingerprint density at radius 3 is 2.60 bits per heavy atom. The van der Waals surface area contributed by atoms with Crippen LogP contribution < -0.4 is 10.5 Å². The molecule has 0 radical (unpaired) electrons. The second-order valence-electron chi connectivity index (χ2n) is 4.51. The standard InChI is InChI=1S/C15H14ClF2NO/c1-9(19)12-7-11(17)3-5-15(12)20-8-10-2-4-13(16)14(18)6-10/h2-7,9H,8,19H2,1H3. The highest BCUT2D eigenvalue weighted by Gasteiger charge is 2.10. The summed E-state index contributed by atoms with van der Waals surface area (Å²) in [6, 6.07) is 8.22. The first kappa shape index (κ1) is 14.8. The van der Waals surface area contributed by atoms with Crippen molar-refractivity contribution < 1.29 is 13.5 Å². The fourth-order valence-corrected chi connectivity index (χ4v) is 1.91. The van der Waals surface area contributed by atoms with Crippen molar-refractivity contribution >= 4 is 11.6 Å². The van der Waals surface area contributed by atoms with Crippen molar-refractivity contribution in [1.82, 2.24) is 0 Å². The van der Waals surface area contributed by atoms with Crippen LogP contribution in [0.4, 0.5) is 8.78 Å². The Kier molecular flexibility index (Phi) is 4.57. The van der Waals surface area contributed by atoms with Gasteiger partial charge in [0.05, 0.1) is 5.02 Å². The maximum absolute atomic E-state index is 13.3. The summed E-state index contributed by atoms with van der Waals surface area (Å²) in [5.74, 6) is -0.391. The molecule has 0 aliphatic rings. The van der Waals surface area contributed by atoms with Crippen LogP contribution in [-0.2, 0) is 6.61 Å². The van der Waals surface area contributed by atoms with Gasteiger partial charge in [-0.3, -0.25) is 0 Å². The van der Waals surface area contributed by atoms with Crippen LogP contribution in [0.15, 0.2) is 36.4 Å². The molecule has 0 aliphatic carbocycles. The summed E-state index contributed by atoms with van der Waals surface area (Å²) in [4.78, 5) is 0. The Bertz CT molecular complexity index is 617. The average Bonchev–Trinajstić information content (AvgIpc) is 2.41. The Balaban J connectivity index is 2.16. The lowest BCUT2D eigenvalue weighted by atomic mass is 10.1. The number of nitrogens with two attached hydrogens (primary N) is 1. The van der Waals surface area contributed by atoms with Crippen molar-refractivity contribution in [2.45, 2.75) is 19.6 Å². The summed E-state index contributed by atoms with van der Waals surface area (Å²) >= 11 is 5.61. The number of hydrogen-bond acceptors (Lipinski definition) is 2. The number of ether oxygens (including phenoxy) is 1. The number of rotatable bonds is 4. The van der Waals surface area contributed by atoms with E-state index in [4.69, 9.17) is 22.1 Å². The summed E-state index contributed by atoms with van der Waals surface area (Å²) in [6.07, 6.45) is 0. The fraction of sp³-hybridized carbons (Fsp3) is 0.200. The van der Waals surface area contributed by atoms with Crippen LogP contribution >= 0.6 is 11.6 Å². The smallest absolute Gasteiger partial charge is 0.142 e. The van der Waals surface area contributed by atoms with Crippen LogP contribution in [0, 0.1) is 11.6 Å². The van der Waals surface area contributed by atoms with Gasteiger partial charge in [-0.15, -0.1) is 0 Å². The van der Waals surface area contributed by atoms with Gasteiger partial charge >= 0.3 is 0 Å². The molecule has 0 aliphatic heterocycles. The highest BCUT2D eigenvalue weighted by Crippen LogP contribution is 2.26. The summed E-state index contributed by atoms with van der Waals surface area (Å²) in [5, 5.41) is 0.0619. The maximum atomic E-state index is 13.3. The van der Waals surface area contributed by atoms with Crippen molar-refractivity contribution in [1.29, 1.82) is 0 Å². The number of benzene rings is 2. The molecule has 0 amide bonds. The van der Waals surface area contributed by atoms with E-state index in [0.717, 1.165) is 0 Å². The largest absolute Gasteiger partial charge is 0.489 e. The third kappa shape index (κ3) is 3.46. The van der Waals surface area contributed by atoms with E-state index in [1.54, 1.807) is 13.0 Å². The van der Waals surface area contributed by atoms with Gasteiger partial charge in [0.2, 0.25) is 0 Å². The Hall–Kier alpha value is -1.65. The summed E-state index contributed by atoms with van der Waals surface area (Å²) in [5.41, 5.74) is 6.97. The lowest BCUT2D eigenvalue weighted by molar-refractivity contribution is 0.300. The van der Waals surface area contributed by atoms with Crippen molar-refractivity contribution in [3.05, 3.63) is 64.2 Å². The summed E-state index contributed by atoms with van der Waals surface area (Å²) < 4.78 is 32.1. The van der Waals surface area contributed by atoms with E-state index in [0.29, 0.717) is 16.9 Å². The molecule has 0 aromatic heterocycles. The molecule has 0 saturated heterocycles. The first-order valence-corrected chi connectivity index (χ1v) is 6.47. The first-order valence-electron chi connectivity index (χ1n) is 6.09. The van der Waals surface area contributed by atoms with E-state index in [2.05, 4.69) is 0 Å². The van der Waals surface area contributed by atoms with E-state index in [9.17, 15) is 8.78 Å². The molecule has 2 nitrogen and oxygen atoms in total. The molecule has 2 rings (SSSR count). The van der Waals surface area contributed by atoms with E-state index in [1.165, 1.54) is 30.3 Å². The van der Waals surface area contributed by atoms with Gasteiger partial charge in [0.25, 0.3) is 0 Å². The molecule has 0 saturated carbocycles. The maximum Gasteiger partial charge on any atom is 0.142 e. The highest BCUT2D eigenvalue weighted by molar-refractivity contribution is 6.30. The van der Waals surface area contributed by atoms with Gasteiger partial charge in [0.15, 0.2) is 0 Å². The molecule has 106 valence electrons. The van der Waals surface area contributed by atoms with Crippen molar-refractivity contribution in [2.24, 2.45) is 5.73 Å². The van der Waals surface area contributed by atoms with Gasteiger partial charge < -0.3 is 10.5 Å². The molecule has 20 heavy (non-hydrogen) atoms. The average molecular weight is 298 g/mol. The second kappa shape index (κ2) is 6.20. The second-order valence-corrected chi connectivity index (χ2v) is 4.92. The minimum absolute atomic E-state index is 0.0619. The van der Waals surface area contributed by atoms with Crippen molar-refractivity contribution in [3.63, 3.8) is 0 Å². The molecule has 0 bridgehead atoms. The van der Waals surface area contributed by atoms with Gasteiger partial charge in [-0.25, -0.2) is 8.78 Å². The van der Waals surface area contributed by atoms with Gasteiger partial charge in [0, 0.05) is 11.6 Å². The third-order valence-electron chi connectivity index (χ3n) is 2.84. The minimum atomic E-state index is -0.501. The molecular weight excluding hydrogens is 284 g/mol. The normalized spacial score (nSPS) is 12.2. The topological polar surface area (TPSA) is 35.2 Å². The van der Waals surface area contributed by atoms with E-state index in [-0.39, 0.29) is 23.5 Å². The molecule has 0 heterocycles. The SMILES string of the molecule is CC(N)c1cc(F)ccc1OCc1ccc(Cl)c(F)c1. The van der Waals surface area contributed by atoms with Crippen LogP contribution in [-0.4, -0.2) is 0 Å². The molecule has 0 fully saturated rings. The zero-order valence-electron chi connectivity index (χ0n) is 10.9. The Morgan fingerprint density at radius 2 is 1.95 bits per heavy atom. The molecule has 2 aromatic carbocycles. The minimum Gasteiger partial charge on any atom is -0.489 e. The Labute approximate surface area is 121 Å². The number of hydrogen-bond donors (Lipinski definition) is 1. The van der Waals surface area contributed by atoms with Gasteiger partial charge in [0.1, 0.15) is 24.0 Å². The van der Waals surface area contributed by atoms with Crippen LogP contribution in [0.1, 0.15) is 24.1 Å². The summed E-state index contributed by atoms with van der Waals surface area (Å²) in [6.45, 7) is 1.89. The van der Waals surface area contributed by atoms with E-state index in [1.807, 2.05) is 0 Å². The monoisotopic (exact) mass is 297 g/mol. The zero-order chi connectivity index (χ0) is 14.7. The van der Waals surface area contributed by atoms with Crippen LogP contribution in [0.25, 0.3) is 0 Å². The molecule has 5 heteroatoms. The zero-order valence-corrected chi connectivity index (χ0v) is 11.6. The molecule has 1 unspecified atom stereocenters. The van der Waals surface area contributed by atoms with Gasteiger partial charge in [-0.05, 0) is 42.8 Å². The molecule has 2 aromatic rings. The third-order valence-corrected chi connectivity index (χ3v) is 3.15. The number of halogens is 3. The van der Waals surface area contributed by atoms with Crippen LogP contribution in [0.2, 0.25) is 5.02 Å². The quantitative estimate of drug-likeness (QED) is 0.917. The first-order chi connectivity index (χ1) is 9.47. The van der Waals surface area contributed by atoms with Gasteiger partial charge in [-0.1, -0.05) is 17.7 Å². The molecular formula is C15H14ClF2NO. The lowest BCUT2D eigenvalue weighted by Crippen LogP contribution is -2.08. The molecule has 0 spiro atoms. The van der Waals surface area contributed by atoms with Crippen molar-refractivity contribution in [3.8, 4) is 5.75 Å². The van der Waals surface area contributed by atoms with Crippen LogP contribution in [0.3, 0.4) is 0 Å². The predicted molar refractivity (Wildman–Crippen MR) is 74.7 cm³/mol. The van der Waals surface area contributed by atoms with E-state index >= 15 is 0 Å². The molecule has 2 N–H and O–H groups in total. The van der Waals surface area contributed by atoms with Gasteiger partial charge in [-0.2, -0.15) is 0 Å². The fourth-order valence-electron chi connectivity index (χ4n) is 1.80. The Morgan fingerprint density at radius 1 is 1.20 bits per heavy atom. The van der Waals surface area contributed by atoms with Crippen LogP contribution in [0.5, 0.6) is 5.75 Å². The summed E-state index contributed by atoms with van der Waals surface area (Å²) in [7, 11) is 0. The van der Waals surface area contributed by atoms with Crippen molar-refractivity contribution in [2.75, 3.05) is 0 Å². The van der Waals surface area contributed by atoms with E-state index < -0.39 is 5.82 Å². The molecule has 1 atom stereocenters.